The first kappa shape index (κ1) is 24.0. The van der Waals surface area contributed by atoms with E-state index in [1.54, 1.807) is 0 Å². The molecule has 0 atom stereocenters. The van der Waals surface area contributed by atoms with Gasteiger partial charge in [-0.1, -0.05) is 12.1 Å². The molecule has 0 fully saturated rings. The highest BCUT2D eigenvalue weighted by atomic mass is 32.2. The molecule has 0 saturated carbocycles. The number of nitro benzene ring substituents is 1. The highest BCUT2D eigenvalue weighted by Crippen LogP contribution is 2.29. The Bertz CT molecular complexity index is 1390. The van der Waals surface area contributed by atoms with E-state index in [-0.39, 0.29) is 28.4 Å². The second-order valence-corrected chi connectivity index (χ2v) is 8.38. The van der Waals surface area contributed by atoms with Gasteiger partial charge >= 0.3 is 5.97 Å². The lowest BCUT2D eigenvalue weighted by Gasteiger charge is -2.11. The van der Waals surface area contributed by atoms with Crippen LogP contribution in [0.15, 0.2) is 70.7 Å². The number of hydrogen-bond donors (Lipinski definition) is 4. The van der Waals surface area contributed by atoms with E-state index in [1.807, 2.05) is 0 Å². The van der Waals surface area contributed by atoms with Crippen LogP contribution in [0.1, 0.15) is 15.9 Å². The third kappa shape index (κ3) is 5.39. The molecule has 0 aliphatic carbocycles. The number of hydrazone groups is 1. The predicted octanol–water partition coefficient (Wildman–Crippen LogP) is 3.25. The number of benzene rings is 3. The van der Waals surface area contributed by atoms with Crippen molar-refractivity contribution in [1.29, 1.82) is 0 Å². The van der Waals surface area contributed by atoms with Gasteiger partial charge < -0.3 is 14.9 Å². The van der Waals surface area contributed by atoms with Crippen molar-refractivity contribution >= 4 is 39.3 Å². The number of anilines is 2. The first-order valence-electron chi connectivity index (χ1n) is 9.42. The van der Waals surface area contributed by atoms with Gasteiger partial charge in [0.2, 0.25) is 0 Å². The van der Waals surface area contributed by atoms with Crippen molar-refractivity contribution in [3.8, 4) is 11.5 Å². The van der Waals surface area contributed by atoms with E-state index in [2.05, 4.69) is 15.2 Å². The number of carbonyl (C=O) groups is 1. The number of carboxylic acid groups (broad SMARTS) is 1. The minimum atomic E-state index is -4.34. The summed E-state index contributed by atoms with van der Waals surface area (Å²) in [5, 5.41) is 34.3. The minimum absolute atomic E-state index is 0.0698. The molecule has 3 rings (SSSR count). The van der Waals surface area contributed by atoms with Crippen LogP contribution in [0.5, 0.6) is 11.5 Å². The number of hydrogen-bond acceptors (Lipinski definition) is 9. The van der Waals surface area contributed by atoms with E-state index < -0.39 is 31.5 Å². The van der Waals surface area contributed by atoms with Crippen molar-refractivity contribution in [2.45, 2.75) is 4.90 Å². The minimum Gasteiger partial charge on any atom is -0.504 e. The average molecular weight is 486 g/mol. The highest BCUT2D eigenvalue weighted by molar-refractivity contribution is 7.92. The molecule has 0 bridgehead atoms. The molecular formula is C21H18N4O8S. The lowest BCUT2D eigenvalue weighted by Crippen LogP contribution is -2.16. The number of phenolic OH excluding ortho intramolecular Hbond substituents is 1. The summed E-state index contributed by atoms with van der Waals surface area (Å²) >= 11 is 0. The van der Waals surface area contributed by atoms with Gasteiger partial charge in [0.15, 0.2) is 11.5 Å². The quantitative estimate of drug-likeness (QED) is 0.200. The maximum absolute atomic E-state index is 12.7. The van der Waals surface area contributed by atoms with Crippen LogP contribution in [0.4, 0.5) is 17.1 Å². The normalized spacial score (nSPS) is 11.2. The Morgan fingerprint density at radius 2 is 1.85 bits per heavy atom. The number of methoxy groups -OCH3 is 1. The number of sulfonamides is 1. The third-order valence-electron chi connectivity index (χ3n) is 4.48. The maximum Gasteiger partial charge on any atom is 0.337 e. The van der Waals surface area contributed by atoms with E-state index in [0.717, 1.165) is 18.2 Å². The molecule has 0 amide bonds. The molecule has 4 N–H and O–H groups in total. The zero-order valence-electron chi connectivity index (χ0n) is 17.5. The summed E-state index contributed by atoms with van der Waals surface area (Å²) in [5.41, 5.74) is 1.87. The zero-order chi connectivity index (χ0) is 24.9. The Morgan fingerprint density at radius 3 is 2.53 bits per heavy atom. The van der Waals surface area contributed by atoms with Gasteiger partial charge in [-0.15, -0.1) is 0 Å². The molecule has 0 radical (unpaired) electrons. The van der Waals surface area contributed by atoms with Crippen LogP contribution in [0.3, 0.4) is 0 Å². The summed E-state index contributed by atoms with van der Waals surface area (Å²) in [4.78, 5) is 21.6. The first-order chi connectivity index (χ1) is 16.1. The number of nitrogens with one attached hydrogen (secondary N) is 2. The van der Waals surface area contributed by atoms with Gasteiger partial charge in [-0.05, 0) is 48.0 Å². The molecule has 0 aliphatic heterocycles. The van der Waals surface area contributed by atoms with Crippen LogP contribution in [-0.2, 0) is 10.0 Å². The first-order valence-corrected chi connectivity index (χ1v) is 10.9. The van der Waals surface area contributed by atoms with Crippen LogP contribution in [0.25, 0.3) is 0 Å². The van der Waals surface area contributed by atoms with Crippen molar-refractivity contribution in [2.24, 2.45) is 5.10 Å². The SMILES string of the molecule is COc1cc(/C=N/Nc2ccc(S(=O)(=O)Nc3ccccc3C(=O)O)cc2[N+](=O)[O-])ccc1O. The second kappa shape index (κ2) is 9.87. The van der Waals surface area contributed by atoms with Gasteiger partial charge in [0, 0.05) is 6.07 Å². The molecule has 176 valence electrons. The molecule has 34 heavy (non-hydrogen) atoms. The molecule has 0 aromatic heterocycles. The molecule has 3 aromatic rings. The number of carboxylic acids is 1. The number of aromatic carboxylic acids is 1. The van der Waals surface area contributed by atoms with Gasteiger partial charge in [0.25, 0.3) is 15.7 Å². The Morgan fingerprint density at radius 1 is 1.12 bits per heavy atom. The fourth-order valence-corrected chi connectivity index (χ4v) is 3.94. The van der Waals surface area contributed by atoms with E-state index >= 15 is 0 Å². The third-order valence-corrected chi connectivity index (χ3v) is 5.84. The molecule has 0 spiro atoms. The fourth-order valence-electron chi connectivity index (χ4n) is 2.84. The van der Waals surface area contributed by atoms with Crippen molar-refractivity contribution < 1.29 is 33.1 Å². The van der Waals surface area contributed by atoms with E-state index in [1.165, 1.54) is 55.8 Å². The van der Waals surface area contributed by atoms with Gasteiger partial charge in [-0.25, -0.2) is 13.2 Å². The van der Waals surface area contributed by atoms with Crippen LogP contribution in [0, 0.1) is 10.1 Å². The van der Waals surface area contributed by atoms with E-state index in [0.29, 0.717) is 5.56 Å². The Hall–Kier alpha value is -4.65. The molecular weight excluding hydrogens is 468 g/mol. The maximum atomic E-state index is 12.7. The van der Waals surface area contributed by atoms with Crippen LogP contribution < -0.4 is 14.9 Å². The molecule has 3 aromatic carbocycles. The summed E-state index contributed by atoms with van der Waals surface area (Å²) in [5.74, 6) is -1.20. The lowest BCUT2D eigenvalue weighted by molar-refractivity contribution is -0.384. The lowest BCUT2D eigenvalue weighted by atomic mass is 10.2. The molecule has 0 heterocycles. The van der Waals surface area contributed by atoms with Gasteiger partial charge in [-0.3, -0.25) is 20.3 Å². The standard InChI is InChI=1S/C21H18N4O8S/c1-33-20-10-13(6-9-19(20)26)12-22-23-17-8-7-14(11-18(17)25(29)30)34(31,32)24-16-5-3-2-4-15(16)21(27)28/h2-12,23-24,26H,1H3,(H,27,28)/b22-12+. The van der Waals surface area contributed by atoms with Gasteiger partial charge in [0.05, 0.1) is 34.4 Å². The van der Waals surface area contributed by atoms with Crippen LogP contribution in [0.2, 0.25) is 0 Å². The predicted molar refractivity (Wildman–Crippen MR) is 123 cm³/mol. The summed E-state index contributed by atoms with van der Waals surface area (Å²) in [7, 11) is -2.96. The Kier molecular flexibility index (Phi) is 6.97. The van der Waals surface area contributed by atoms with Crippen LogP contribution >= 0.6 is 0 Å². The van der Waals surface area contributed by atoms with Crippen molar-refractivity contribution in [3.63, 3.8) is 0 Å². The number of ether oxygens (including phenoxy) is 1. The number of aromatic hydroxyl groups is 1. The molecule has 0 unspecified atom stereocenters. The molecule has 12 nitrogen and oxygen atoms in total. The zero-order valence-corrected chi connectivity index (χ0v) is 18.3. The molecule has 0 aliphatic rings. The Labute approximate surface area is 193 Å². The fraction of sp³-hybridized carbons (Fsp3) is 0.0476. The second-order valence-electron chi connectivity index (χ2n) is 6.69. The van der Waals surface area contributed by atoms with Crippen molar-refractivity contribution in [3.05, 3.63) is 81.9 Å². The highest BCUT2D eigenvalue weighted by Gasteiger charge is 2.23. The largest absolute Gasteiger partial charge is 0.504 e. The molecule has 0 saturated heterocycles. The number of phenols is 1. The average Bonchev–Trinajstić information content (AvgIpc) is 2.80. The van der Waals surface area contributed by atoms with Gasteiger partial charge in [-0.2, -0.15) is 5.10 Å². The summed E-state index contributed by atoms with van der Waals surface area (Å²) in [6.07, 6.45) is 1.32. The molecule has 13 heteroatoms. The topological polar surface area (TPSA) is 180 Å². The smallest absolute Gasteiger partial charge is 0.337 e. The number of nitro groups is 1. The van der Waals surface area contributed by atoms with E-state index in [4.69, 9.17) is 4.74 Å². The number of nitrogens with zero attached hydrogens (tertiary/aromatic N) is 2. The summed E-state index contributed by atoms with van der Waals surface area (Å²) in [6, 6.07) is 12.9. The van der Waals surface area contributed by atoms with Gasteiger partial charge in [0.1, 0.15) is 5.69 Å². The van der Waals surface area contributed by atoms with Crippen molar-refractivity contribution in [1.82, 2.24) is 0 Å². The summed E-state index contributed by atoms with van der Waals surface area (Å²) < 4.78 is 32.6. The van der Waals surface area contributed by atoms with Crippen LogP contribution in [-0.4, -0.2) is 42.8 Å². The summed E-state index contributed by atoms with van der Waals surface area (Å²) in [6.45, 7) is 0. The van der Waals surface area contributed by atoms with Crippen molar-refractivity contribution in [2.75, 3.05) is 17.3 Å². The monoisotopic (exact) mass is 486 g/mol. The number of rotatable bonds is 9. The van der Waals surface area contributed by atoms with E-state index in [9.17, 15) is 33.5 Å². The Balaban J connectivity index is 1.87. The number of para-hydroxylation sites is 1.